The summed E-state index contributed by atoms with van der Waals surface area (Å²) in [6.45, 7) is 4.63. The normalized spacial score (nSPS) is 16.9. The van der Waals surface area contributed by atoms with Gasteiger partial charge in [-0.1, -0.05) is 24.2 Å². The summed E-state index contributed by atoms with van der Waals surface area (Å²) in [6.07, 6.45) is 1.33. The van der Waals surface area contributed by atoms with Crippen LogP contribution in [0.25, 0.3) is 11.3 Å². The van der Waals surface area contributed by atoms with Crippen LogP contribution >= 0.6 is 0 Å². The third kappa shape index (κ3) is 4.12. The van der Waals surface area contributed by atoms with E-state index in [2.05, 4.69) is 5.16 Å². The molecule has 0 spiro atoms. The second-order valence-corrected chi connectivity index (χ2v) is 9.87. The number of ether oxygens (including phenoxy) is 2. The minimum Gasteiger partial charge on any atom is -0.497 e. The number of sulfonamides is 1. The Morgan fingerprint density at radius 1 is 1.12 bits per heavy atom. The van der Waals surface area contributed by atoms with E-state index in [1.807, 2.05) is 44.2 Å². The van der Waals surface area contributed by atoms with Crippen LogP contribution in [0.15, 0.2) is 51.9 Å². The van der Waals surface area contributed by atoms with Crippen molar-refractivity contribution in [3.63, 3.8) is 0 Å². The first-order chi connectivity index (χ1) is 15.4. The van der Waals surface area contributed by atoms with Crippen molar-refractivity contribution >= 4 is 10.0 Å². The van der Waals surface area contributed by atoms with Gasteiger partial charge in [-0.05, 0) is 49.6 Å². The highest BCUT2D eigenvalue weighted by atomic mass is 32.2. The summed E-state index contributed by atoms with van der Waals surface area (Å²) >= 11 is 0. The van der Waals surface area contributed by atoms with E-state index in [0.717, 1.165) is 28.3 Å². The third-order valence-electron chi connectivity index (χ3n) is 6.01. The maximum absolute atomic E-state index is 13.7. The SMILES string of the molecule is CCc1ccc(-c2cc(C)no2)cc1S(=O)(=O)N1CC[C@H](c2cc(OC)ccc2OC)C1. The predicted octanol–water partition coefficient (Wildman–Crippen LogP) is 4.41. The quantitative estimate of drug-likeness (QED) is 0.524. The van der Waals surface area contributed by atoms with Gasteiger partial charge in [0.1, 0.15) is 11.5 Å². The van der Waals surface area contributed by atoms with Crippen molar-refractivity contribution in [1.29, 1.82) is 0 Å². The lowest BCUT2D eigenvalue weighted by atomic mass is 9.97. The molecule has 32 heavy (non-hydrogen) atoms. The minimum absolute atomic E-state index is 0.0278. The van der Waals surface area contributed by atoms with E-state index in [1.54, 1.807) is 30.7 Å². The van der Waals surface area contributed by atoms with Crippen LogP contribution in [-0.2, 0) is 16.4 Å². The monoisotopic (exact) mass is 456 g/mol. The van der Waals surface area contributed by atoms with E-state index >= 15 is 0 Å². The van der Waals surface area contributed by atoms with E-state index < -0.39 is 10.0 Å². The van der Waals surface area contributed by atoms with Crippen molar-refractivity contribution in [1.82, 2.24) is 9.46 Å². The predicted molar refractivity (Wildman–Crippen MR) is 122 cm³/mol. The first-order valence-corrected chi connectivity index (χ1v) is 12.1. The number of methoxy groups -OCH3 is 2. The summed E-state index contributed by atoms with van der Waals surface area (Å²) in [4.78, 5) is 0.324. The van der Waals surface area contributed by atoms with Gasteiger partial charge in [0.15, 0.2) is 5.76 Å². The van der Waals surface area contributed by atoms with E-state index in [1.165, 1.54) is 0 Å². The van der Waals surface area contributed by atoms with Crippen LogP contribution in [0.2, 0.25) is 0 Å². The molecule has 0 unspecified atom stereocenters. The molecule has 0 bridgehead atoms. The van der Waals surface area contributed by atoms with Crippen molar-refractivity contribution in [3.05, 3.63) is 59.3 Å². The number of hydrogen-bond donors (Lipinski definition) is 0. The Labute approximate surface area is 189 Å². The summed E-state index contributed by atoms with van der Waals surface area (Å²) in [5, 5.41) is 3.92. The summed E-state index contributed by atoms with van der Waals surface area (Å²) in [6, 6.07) is 12.9. The zero-order valence-electron chi connectivity index (χ0n) is 18.8. The highest BCUT2D eigenvalue weighted by Gasteiger charge is 2.35. The molecule has 2 heterocycles. The van der Waals surface area contributed by atoms with Crippen molar-refractivity contribution in [3.8, 4) is 22.8 Å². The average Bonchev–Trinajstić information content (AvgIpc) is 3.48. The molecule has 1 atom stereocenters. The third-order valence-corrected chi connectivity index (χ3v) is 7.95. The van der Waals surface area contributed by atoms with Crippen LogP contribution in [0, 0.1) is 6.92 Å². The van der Waals surface area contributed by atoms with Crippen LogP contribution in [0.3, 0.4) is 0 Å². The summed E-state index contributed by atoms with van der Waals surface area (Å²) in [5.74, 6) is 2.06. The van der Waals surface area contributed by atoms with Crippen LogP contribution in [0.4, 0.5) is 0 Å². The van der Waals surface area contributed by atoms with E-state index in [0.29, 0.717) is 42.2 Å². The van der Waals surface area contributed by atoms with Crippen molar-refractivity contribution in [2.24, 2.45) is 0 Å². The number of hydrogen-bond acceptors (Lipinski definition) is 6. The van der Waals surface area contributed by atoms with E-state index in [9.17, 15) is 8.42 Å². The molecular weight excluding hydrogens is 428 g/mol. The fraction of sp³-hybridized carbons (Fsp3) is 0.375. The Hall–Kier alpha value is -2.84. The lowest BCUT2D eigenvalue weighted by Crippen LogP contribution is -2.29. The first kappa shape index (κ1) is 22.4. The summed E-state index contributed by atoms with van der Waals surface area (Å²) < 4.78 is 45.2. The number of aryl methyl sites for hydroxylation is 2. The molecule has 1 fully saturated rings. The van der Waals surface area contributed by atoms with Gasteiger partial charge in [-0.3, -0.25) is 0 Å². The second-order valence-electron chi connectivity index (χ2n) is 7.97. The molecule has 0 saturated carbocycles. The molecule has 7 nitrogen and oxygen atoms in total. The molecule has 4 rings (SSSR count). The lowest BCUT2D eigenvalue weighted by Gasteiger charge is -2.20. The molecule has 3 aromatic rings. The zero-order valence-corrected chi connectivity index (χ0v) is 19.6. The Kier molecular flexibility index (Phi) is 6.26. The lowest BCUT2D eigenvalue weighted by molar-refractivity contribution is 0.394. The Morgan fingerprint density at radius 2 is 1.94 bits per heavy atom. The number of nitrogens with zero attached hydrogens (tertiary/aromatic N) is 2. The van der Waals surface area contributed by atoms with Gasteiger partial charge in [-0.25, -0.2) is 8.42 Å². The highest BCUT2D eigenvalue weighted by molar-refractivity contribution is 7.89. The van der Waals surface area contributed by atoms with Crippen molar-refractivity contribution in [2.75, 3.05) is 27.3 Å². The van der Waals surface area contributed by atoms with Crippen LogP contribution in [-0.4, -0.2) is 45.2 Å². The standard InChI is InChI=1S/C24H28N2O5S/c1-5-17-6-7-18(23-12-16(2)25-31-23)13-24(17)32(27,28)26-11-10-19(15-26)21-14-20(29-3)8-9-22(21)30-4/h6-9,12-14,19H,5,10-11,15H2,1-4H3/t19-/m0/s1. The maximum atomic E-state index is 13.7. The Balaban J connectivity index is 1.66. The topological polar surface area (TPSA) is 81.9 Å². The molecule has 170 valence electrons. The summed E-state index contributed by atoms with van der Waals surface area (Å²) in [7, 11) is -0.441. The van der Waals surface area contributed by atoms with Gasteiger partial charge in [0.05, 0.1) is 24.8 Å². The number of benzene rings is 2. The molecule has 0 aliphatic carbocycles. The smallest absolute Gasteiger partial charge is 0.243 e. The van der Waals surface area contributed by atoms with E-state index in [4.69, 9.17) is 14.0 Å². The number of aromatic nitrogens is 1. The molecule has 8 heteroatoms. The molecule has 0 N–H and O–H groups in total. The van der Waals surface area contributed by atoms with Gasteiger partial charge in [-0.2, -0.15) is 4.31 Å². The molecule has 2 aromatic carbocycles. The molecule has 0 radical (unpaired) electrons. The fourth-order valence-corrected chi connectivity index (χ4v) is 6.06. The second kappa shape index (κ2) is 8.96. The largest absolute Gasteiger partial charge is 0.497 e. The van der Waals surface area contributed by atoms with Gasteiger partial charge >= 0.3 is 0 Å². The summed E-state index contributed by atoms with van der Waals surface area (Å²) in [5.41, 5.74) is 3.20. The molecule has 1 saturated heterocycles. The van der Waals surface area contributed by atoms with Gasteiger partial charge in [0, 0.05) is 36.2 Å². The van der Waals surface area contributed by atoms with Gasteiger partial charge in [-0.15, -0.1) is 0 Å². The van der Waals surface area contributed by atoms with Gasteiger partial charge < -0.3 is 14.0 Å². The zero-order chi connectivity index (χ0) is 22.9. The van der Waals surface area contributed by atoms with Crippen LogP contribution < -0.4 is 9.47 Å². The number of rotatable bonds is 7. The van der Waals surface area contributed by atoms with Crippen LogP contribution in [0.5, 0.6) is 11.5 Å². The van der Waals surface area contributed by atoms with Crippen molar-refractivity contribution < 1.29 is 22.4 Å². The Morgan fingerprint density at radius 3 is 2.59 bits per heavy atom. The minimum atomic E-state index is -3.68. The van der Waals surface area contributed by atoms with Gasteiger partial charge in [0.2, 0.25) is 10.0 Å². The molecular formula is C24H28N2O5S. The van der Waals surface area contributed by atoms with E-state index in [-0.39, 0.29) is 5.92 Å². The fourth-order valence-electron chi connectivity index (χ4n) is 4.24. The molecule has 0 amide bonds. The first-order valence-electron chi connectivity index (χ1n) is 10.7. The van der Waals surface area contributed by atoms with Crippen molar-refractivity contribution in [2.45, 2.75) is 37.5 Å². The highest BCUT2D eigenvalue weighted by Crippen LogP contribution is 2.38. The van der Waals surface area contributed by atoms with Gasteiger partial charge in [0.25, 0.3) is 0 Å². The molecule has 1 aliphatic rings. The maximum Gasteiger partial charge on any atom is 0.243 e. The molecule has 1 aliphatic heterocycles. The van der Waals surface area contributed by atoms with Crippen LogP contribution in [0.1, 0.15) is 36.1 Å². The molecule has 1 aromatic heterocycles. The average molecular weight is 457 g/mol. The Bertz CT molecular complexity index is 1220.